The van der Waals surface area contributed by atoms with Gasteiger partial charge in [-0.25, -0.2) is 4.98 Å². The van der Waals surface area contributed by atoms with Crippen LogP contribution in [0.4, 0.5) is 0 Å². The summed E-state index contributed by atoms with van der Waals surface area (Å²) >= 11 is 0. The number of para-hydroxylation sites is 1. The molecule has 0 spiro atoms. The lowest BCUT2D eigenvalue weighted by Crippen LogP contribution is -2.36. The van der Waals surface area contributed by atoms with Crippen LogP contribution >= 0.6 is 0 Å². The van der Waals surface area contributed by atoms with Crippen molar-refractivity contribution in [3.63, 3.8) is 0 Å². The summed E-state index contributed by atoms with van der Waals surface area (Å²) in [6.07, 6.45) is 5.78. The van der Waals surface area contributed by atoms with Crippen LogP contribution in [-0.2, 0) is 18.3 Å². The van der Waals surface area contributed by atoms with E-state index in [1.165, 1.54) is 0 Å². The predicted molar refractivity (Wildman–Crippen MR) is 84.3 cm³/mol. The summed E-state index contributed by atoms with van der Waals surface area (Å²) in [4.78, 5) is 4.19. The van der Waals surface area contributed by atoms with Gasteiger partial charge in [0, 0.05) is 31.8 Å². The molecule has 6 nitrogen and oxygen atoms in total. The van der Waals surface area contributed by atoms with E-state index in [1.807, 2.05) is 36.3 Å². The number of hydrogen-bond donors (Lipinski definition) is 1. The van der Waals surface area contributed by atoms with Crippen LogP contribution in [0.2, 0.25) is 0 Å². The molecule has 2 aliphatic rings. The molecule has 2 atom stereocenters. The molecule has 23 heavy (non-hydrogen) atoms. The first-order chi connectivity index (χ1) is 11.3. The fourth-order valence-corrected chi connectivity index (χ4v) is 3.25. The van der Waals surface area contributed by atoms with Gasteiger partial charge in [-0.3, -0.25) is 0 Å². The van der Waals surface area contributed by atoms with Gasteiger partial charge in [-0.05, 0) is 18.9 Å². The number of benzene rings is 1. The Labute approximate surface area is 135 Å². The highest BCUT2D eigenvalue weighted by Crippen LogP contribution is 2.35. The number of nitrogens with one attached hydrogen (secondary N) is 1. The van der Waals surface area contributed by atoms with Crippen molar-refractivity contribution in [2.45, 2.75) is 31.5 Å². The van der Waals surface area contributed by atoms with E-state index in [9.17, 15) is 0 Å². The Balaban J connectivity index is 1.40. The molecular weight excluding hydrogens is 294 g/mol. The van der Waals surface area contributed by atoms with Crippen LogP contribution in [0.15, 0.2) is 30.7 Å². The number of nitrogens with zero attached hydrogens (tertiary/aromatic N) is 2. The summed E-state index contributed by atoms with van der Waals surface area (Å²) in [5.41, 5.74) is 2.28. The van der Waals surface area contributed by atoms with Crippen LogP contribution in [0.25, 0.3) is 0 Å². The van der Waals surface area contributed by atoms with Gasteiger partial charge in [-0.15, -0.1) is 0 Å². The summed E-state index contributed by atoms with van der Waals surface area (Å²) < 4.78 is 18.9. The van der Waals surface area contributed by atoms with Gasteiger partial charge in [-0.1, -0.05) is 12.1 Å². The zero-order chi connectivity index (χ0) is 15.6. The second-order valence-corrected chi connectivity index (χ2v) is 6.04. The Morgan fingerprint density at radius 2 is 2.30 bits per heavy atom. The molecule has 4 rings (SSSR count). The van der Waals surface area contributed by atoms with Gasteiger partial charge < -0.3 is 24.1 Å². The van der Waals surface area contributed by atoms with Gasteiger partial charge >= 0.3 is 0 Å². The first-order valence-electron chi connectivity index (χ1n) is 8.00. The highest BCUT2D eigenvalue weighted by molar-refractivity contribution is 5.48. The molecule has 0 aliphatic carbocycles. The highest BCUT2D eigenvalue weighted by atomic mass is 16.7. The van der Waals surface area contributed by atoms with E-state index in [1.54, 1.807) is 0 Å². The van der Waals surface area contributed by atoms with Crippen LogP contribution in [0.5, 0.6) is 11.5 Å². The van der Waals surface area contributed by atoms with Crippen molar-refractivity contribution in [2.24, 2.45) is 7.05 Å². The second kappa shape index (κ2) is 6.22. The third-order valence-corrected chi connectivity index (χ3v) is 4.53. The molecule has 0 saturated carbocycles. The number of ether oxygens (including phenoxy) is 3. The summed E-state index contributed by atoms with van der Waals surface area (Å²) in [6, 6.07) is 6.45. The molecule has 3 heterocycles. The minimum atomic E-state index is 0.106. The van der Waals surface area contributed by atoms with E-state index in [0.717, 1.165) is 48.7 Å². The van der Waals surface area contributed by atoms with Crippen LogP contribution in [0.3, 0.4) is 0 Å². The molecule has 0 bridgehead atoms. The van der Waals surface area contributed by atoms with Gasteiger partial charge in [0.25, 0.3) is 0 Å². The predicted octanol–water partition coefficient (Wildman–Crippen LogP) is 2.16. The van der Waals surface area contributed by atoms with Crippen molar-refractivity contribution in [3.8, 4) is 11.5 Å². The third kappa shape index (κ3) is 2.92. The van der Waals surface area contributed by atoms with Crippen LogP contribution in [0, 0.1) is 0 Å². The molecule has 6 heteroatoms. The Kier molecular flexibility index (Phi) is 3.93. The molecule has 1 fully saturated rings. The van der Waals surface area contributed by atoms with E-state index < -0.39 is 0 Å². The number of rotatable bonds is 4. The molecule has 2 aromatic rings. The zero-order valence-corrected chi connectivity index (χ0v) is 13.2. The number of imidazole rings is 1. The smallest absolute Gasteiger partial charge is 0.231 e. The quantitative estimate of drug-likeness (QED) is 0.937. The van der Waals surface area contributed by atoms with Crippen LogP contribution in [0.1, 0.15) is 30.2 Å². The Morgan fingerprint density at radius 1 is 1.35 bits per heavy atom. The molecule has 1 aromatic carbocycles. The molecule has 0 amide bonds. The second-order valence-electron chi connectivity index (χ2n) is 6.04. The van der Waals surface area contributed by atoms with Gasteiger partial charge in [0.15, 0.2) is 11.5 Å². The Bertz CT molecular complexity index is 685. The fourth-order valence-electron chi connectivity index (χ4n) is 3.25. The Hall–Kier alpha value is -2.05. The first kappa shape index (κ1) is 14.5. The molecular formula is C17H21N3O3. The van der Waals surface area contributed by atoms with Crippen molar-refractivity contribution in [3.05, 3.63) is 42.0 Å². The van der Waals surface area contributed by atoms with E-state index in [2.05, 4.69) is 16.4 Å². The van der Waals surface area contributed by atoms with Gasteiger partial charge in [0.1, 0.15) is 6.10 Å². The monoisotopic (exact) mass is 315 g/mol. The summed E-state index contributed by atoms with van der Waals surface area (Å²) in [5, 5.41) is 3.63. The molecule has 122 valence electrons. The minimum absolute atomic E-state index is 0.106. The molecule has 0 radical (unpaired) electrons. The van der Waals surface area contributed by atoms with Gasteiger partial charge in [-0.2, -0.15) is 0 Å². The van der Waals surface area contributed by atoms with Crippen molar-refractivity contribution in [2.75, 3.05) is 13.4 Å². The lowest BCUT2D eigenvalue weighted by Gasteiger charge is -2.30. The lowest BCUT2D eigenvalue weighted by molar-refractivity contribution is -0.00406. The van der Waals surface area contributed by atoms with Gasteiger partial charge in [0.2, 0.25) is 6.79 Å². The van der Waals surface area contributed by atoms with Crippen molar-refractivity contribution in [1.29, 1.82) is 0 Å². The average Bonchev–Trinajstić information content (AvgIpc) is 3.22. The maximum atomic E-state index is 5.91. The minimum Gasteiger partial charge on any atom is -0.454 e. The van der Waals surface area contributed by atoms with Crippen molar-refractivity contribution >= 4 is 0 Å². The largest absolute Gasteiger partial charge is 0.454 e. The number of aryl methyl sites for hydroxylation is 1. The van der Waals surface area contributed by atoms with E-state index in [4.69, 9.17) is 14.2 Å². The van der Waals surface area contributed by atoms with E-state index in [-0.39, 0.29) is 6.10 Å². The van der Waals surface area contributed by atoms with Crippen molar-refractivity contribution < 1.29 is 14.2 Å². The molecule has 1 aromatic heterocycles. The standard InChI is InChI=1S/C17H21N3O3/c1-20-10-18-9-14(20)16-7-13(5-6-21-16)19-8-12-3-2-4-15-17(12)23-11-22-15/h2-4,9-10,13,16,19H,5-8,11H2,1H3/t13-,16-/m0/s1. The maximum absolute atomic E-state index is 5.91. The normalized spacial score (nSPS) is 23.2. The summed E-state index contributed by atoms with van der Waals surface area (Å²) in [7, 11) is 2.01. The summed E-state index contributed by atoms with van der Waals surface area (Å²) in [5.74, 6) is 1.71. The topological polar surface area (TPSA) is 57.5 Å². The average molecular weight is 315 g/mol. The number of aromatic nitrogens is 2. The van der Waals surface area contributed by atoms with E-state index in [0.29, 0.717) is 12.8 Å². The SMILES string of the molecule is Cn1cncc1[C@@H]1C[C@@H](NCc2cccc3c2OCO3)CCO1. The molecule has 1 N–H and O–H groups in total. The summed E-state index contributed by atoms with van der Waals surface area (Å²) in [6.45, 7) is 1.85. The van der Waals surface area contributed by atoms with Crippen LogP contribution in [-0.4, -0.2) is 29.0 Å². The maximum Gasteiger partial charge on any atom is 0.231 e. The molecule has 0 unspecified atom stereocenters. The first-order valence-corrected chi connectivity index (χ1v) is 8.00. The van der Waals surface area contributed by atoms with Gasteiger partial charge in [0.05, 0.1) is 18.2 Å². The van der Waals surface area contributed by atoms with Crippen LogP contribution < -0.4 is 14.8 Å². The lowest BCUT2D eigenvalue weighted by atomic mass is 10.0. The molecule has 1 saturated heterocycles. The van der Waals surface area contributed by atoms with Crippen molar-refractivity contribution in [1.82, 2.24) is 14.9 Å². The number of hydrogen-bond acceptors (Lipinski definition) is 5. The third-order valence-electron chi connectivity index (χ3n) is 4.53. The Morgan fingerprint density at radius 3 is 3.17 bits per heavy atom. The fraction of sp³-hybridized carbons (Fsp3) is 0.471. The highest BCUT2D eigenvalue weighted by Gasteiger charge is 2.26. The van der Waals surface area contributed by atoms with E-state index >= 15 is 0 Å². The zero-order valence-electron chi connectivity index (χ0n) is 13.2. The molecule has 2 aliphatic heterocycles. The number of fused-ring (bicyclic) bond motifs is 1.